The molecule has 1 aliphatic heterocycles. The minimum atomic E-state index is -3.62. The van der Waals surface area contributed by atoms with Gasteiger partial charge in [0.2, 0.25) is 0 Å². The highest BCUT2D eigenvalue weighted by Gasteiger charge is 2.31. The highest BCUT2D eigenvalue weighted by Crippen LogP contribution is 2.25. The molecule has 3 aromatic heterocycles. The molecule has 0 aliphatic carbocycles. The molecule has 132 valence electrons. The van der Waals surface area contributed by atoms with Gasteiger partial charge in [-0.05, 0) is 20.8 Å². The fourth-order valence-corrected chi connectivity index (χ4v) is 4.44. The number of aromatic nitrogens is 5. The summed E-state index contributed by atoms with van der Waals surface area (Å²) in [6.07, 6.45) is 5.50. The average molecular weight is 360 g/mol. The highest BCUT2D eigenvalue weighted by molar-refractivity contribution is 7.89. The summed E-state index contributed by atoms with van der Waals surface area (Å²) in [4.78, 5) is 8.48. The van der Waals surface area contributed by atoms with Gasteiger partial charge in [-0.3, -0.25) is 0 Å². The Hall–Kier alpha value is -2.26. The lowest BCUT2D eigenvalue weighted by Gasteiger charge is -2.27. The van der Waals surface area contributed by atoms with E-state index in [1.165, 1.54) is 4.31 Å². The van der Waals surface area contributed by atoms with Gasteiger partial charge in [0.15, 0.2) is 10.7 Å². The largest absolute Gasteiger partial charge is 0.334 e. The predicted molar refractivity (Wildman–Crippen MR) is 91.6 cm³/mol. The first-order valence-corrected chi connectivity index (χ1v) is 9.67. The van der Waals surface area contributed by atoms with Crippen LogP contribution in [0.25, 0.3) is 5.65 Å². The number of hydrogen-bond acceptors (Lipinski definition) is 5. The molecular weight excluding hydrogens is 340 g/mol. The van der Waals surface area contributed by atoms with Gasteiger partial charge >= 0.3 is 0 Å². The topological polar surface area (TPSA) is 85.4 Å². The van der Waals surface area contributed by atoms with E-state index in [4.69, 9.17) is 0 Å². The van der Waals surface area contributed by atoms with Crippen LogP contribution < -0.4 is 0 Å². The first-order chi connectivity index (χ1) is 11.9. The fraction of sp³-hybridized carbons (Fsp3) is 0.438. The van der Waals surface area contributed by atoms with Crippen LogP contribution in [0.4, 0.5) is 0 Å². The van der Waals surface area contributed by atoms with Crippen molar-refractivity contribution in [3.05, 3.63) is 41.7 Å². The number of sulfonamides is 1. The van der Waals surface area contributed by atoms with Crippen molar-refractivity contribution >= 4 is 15.7 Å². The van der Waals surface area contributed by atoms with Crippen molar-refractivity contribution in [1.82, 2.24) is 28.5 Å². The van der Waals surface area contributed by atoms with Crippen LogP contribution in [0.3, 0.4) is 0 Å². The quantitative estimate of drug-likeness (QED) is 0.708. The highest BCUT2D eigenvalue weighted by atomic mass is 32.2. The van der Waals surface area contributed by atoms with Crippen molar-refractivity contribution in [3.63, 3.8) is 0 Å². The first-order valence-electron chi connectivity index (χ1n) is 8.23. The number of hydrogen-bond donors (Lipinski definition) is 0. The molecule has 0 amide bonds. The van der Waals surface area contributed by atoms with Gasteiger partial charge in [-0.2, -0.15) is 9.40 Å². The van der Waals surface area contributed by atoms with E-state index in [1.54, 1.807) is 23.3 Å². The van der Waals surface area contributed by atoms with Crippen molar-refractivity contribution < 1.29 is 8.42 Å². The summed E-state index contributed by atoms with van der Waals surface area (Å²) in [5.41, 5.74) is 3.60. The molecule has 8 nitrogen and oxygen atoms in total. The Morgan fingerprint density at radius 2 is 2.04 bits per heavy atom. The minimum absolute atomic E-state index is 0.0913. The summed E-state index contributed by atoms with van der Waals surface area (Å²) in [6, 6.07) is 2.08. The molecule has 0 spiro atoms. The predicted octanol–water partition coefficient (Wildman–Crippen LogP) is 1.56. The molecule has 0 atom stereocenters. The van der Waals surface area contributed by atoms with Gasteiger partial charge in [0.25, 0.3) is 10.0 Å². The van der Waals surface area contributed by atoms with Gasteiger partial charge in [0, 0.05) is 49.6 Å². The van der Waals surface area contributed by atoms with E-state index in [2.05, 4.69) is 15.1 Å². The Balaban J connectivity index is 1.68. The summed E-state index contributed by atoms with van der Waals surface area (Å²) < 4.78 is 30.9. The Labute approximate surface area is 146 Å². The molecule has 0 bridgehead atoms. The second kappa shape index (κ2) is 5.63. The molecule has 1 aliphatic rings. The van der Waals surface area contributed by atoms with Crippen LogP contribution in [0.2, 0.25) is 0 Å². The number of nitrogens with zero attached hydrogens (tertiary/aromatic N) is 6. The Morgan fingerprint density at radius 3 is 2.76 bits per heavy atom. The van der Waals surface area contributed by atoms with Gasteiger partial charge in [-0.25, -0.2) is 22.9 Å². The zero-order valence-electron chi connectivity index (χ0n) is 14.4. The first kappa shape index (κ1) is 16.2. The zero-order chi connectivity index (χ0) is 17.8. The molecule has 0 aromatic carbocycles. The fourth-order valence-electron chi connectivity index (χ4n) is 3.10. The van der Waals surface area contributed by atoms with Crippen molar-refractivity contribution in [2.24, 2.45) is 0 Å². The van der Waals surface area contributed by atoms with Gasteiger partial charge in [-0.1, -0.05) is 0 Å². The van der Waals surface area contributed by atoms with Gasteiger partial charge < -0.3 is 4.57 Å². The van der Waals surface area contributed by atoms with Gasteiger partial charge in [0.1, 0.15) is 0 Å². The second-order valence-electron chi connectivity index (χ2n) is 6.63. The molecule has 0 unspecified atom stereocenters. The van der Waals surface area contributed by atoms with Crippen LogP contribution in [-0.2, 0) is 23.0 Å². The van der Waals surface area contributed by atoms with Crippen molar-refractivity contribution in [2.45, 2.75) is 44.8 Å². The third kappa shape index (κ3) is 2.63. The molecule has 25 heavy (non-hydrogen) atoms. The zero-order valence-corrected chi connectivity index (χ0v) is 15.2. The summed E-state index contributed by atoms with van der Waals surface area (Å²) in [5.74, 6) is 0. The molecule has 0 N–H and O–H groups in total. The Bertz CT molecular complexity index is 1050. The molecule has 0 fully saturated rings. The van der Waals surface area contributed by atoms with Crippen LogP contribution >= 0.6 is 0 Å². The van der Waals surface area contributed by atoms with E-state index in [9.17, 15) is 8.42 Å². The maximum absolute atomic E-state index is 12.9. The smallest absolute Gasteiger partial charge is 0.262 e. The third-order valence-electron chi connectivity index (χ3n) is 4.51. The number of imidazole rings is 1. The lowest BCUT2D eigenvalue weighted by molar-refractivity contribution is 0.382. The van der Waals surface area contributed by atoms with Crippen LogP contribution in [-0.4, -0.2) is 43.4 Å². The average Bonchev–Trinajstić information content (AvgIpc) is 3.20. The van der Waals surface area contributed by atoms with E-state index in [-0.39, 0.29) is 17.6 Å². The van der Waals surface area contributed by atoms with E-state index in [0.717, 1.165) is 22.6 Å². The Morgan fingerprint density at radius 1 is 1.24 bits per heavy atom. The van der Waals surface area contributed by atoms with E-state index in [1.807, 2.05) is 31.4 Å². The van der Waals surface area contributed by atoms with E-state index >= 15 is 0 Å². The standard InChI is InChI=1S/C16H20N6O2S/c1-11(2)20-9-16(18-10-20)25(23,24)21-5-4-14-13(8-21)7-17-15-6-12(3)19-22(14)15/h6-7,9-11H,4-5,8H2,1-3H3. The summed E-state index contributed by atoms with van der Waals surface area (Å²) in [5, 5.41) is 4.56. The lowest BCUT2D eigenvalue weighted by atomic mass is 10.1. The second-order valence-corrected chi connectivity index (χ2v) is 8.51. The number of rotatable bonds is 3. The van der Waals surface area contributed by atoms with Crippen LogP contribution in [0.5, 0.6) is 0 Å². The number of fused-ring (bicyclic) bond motifs is 3. The Kier molecular flexibility index (Phi) is 3.66. The van der Waals surface area contributed by atoms with Gasteiger partial charge in [-0.15, -0.1) is 0 Å². The minimum Gasteiger partial charge on any atom is -0.334 e. The normalized spacial score (nSPS) is 15.8. The molecule has 0 saturated heterocycles. The molecule has 9 heteroatoms. The van der Waals surface area contributed by atoms with Crippen LogP contribution in [0.15, 0.2) is 29.8 Å². The maximum atomic E-state index is 12.9. The van der Waals surface area contributed by atoms with Crippen molar-refractivity contribution in [2.75, 3.05) is 6.54 Å². The van der Waals surface area contributed by atoms with E-state index in [0.29, 0.717) is 13.0 Å². The molecule has 3 aromatic rings. The van der Waals surface area contributed by atoms with Crippen LogP contribution in [0.1, 0.15) is 36.8 Å². The monoisotopic (exact) mass is 360 g/mol. The maximum Gasteiger partial charge on any atom is 0.262 e. The molecular formula is C16H20N6O2S. The molecule has 0 saturated carbocycles. The molecule has 4 heterocycles. The molecule has 4 rings (SSSR count). The molecule has 0 radical (unpaired) electrons. The van der Waals surface area contributed by atoms with Crippen molar-refractivity contribution in [1.29, 1.82) is 0 Å². The number of aryl methyl sites for hydroxylation is 1. The third-order valence-corrected chi connectivity index (χ3v) is 6.25. The van der Waals surface area contributed by atoms with E-state index < -0.39 is 10.0 Å². The van der Waals surface area contributed by atoms with Gasteiger partial charge in [0.05, 0.1) is 17.7 Å². The SMILES string of the molecule is Cc1cc2ncc3c(n2n1)CCN(S(=O)(=O)c1cn(C(C)C)cn1)C3. The summed E-state index contributed by atoms with van der Waals surface area (Å²) in [7, 11) is -3.62. The van der Waals surface area contributed by atoms with Crippen LogP contribution in [0, 0.1) is 6.92 Å². The van der Waals surface area contributed by atoms with Crippen molar-refractivity contribution in [3.8, 4) is 0 Å². The summed E-state index contributed by atoms with van der Waals surface area (Å²) in [6.45, 7) is 6.58. The summed E-state index contributed by atoms with van der Waals surface area (Å²) >= 11 is 0. The lowest BCUT2D eigenvalue weighted by Crippen LogP contribution is -2.37.